The average molecular weight is 202 g/mol. The van der Waals surface area contributed by atoms with E-state index >= 15 is 0 Å². The van der Waals surface area contributed by atoms with Gasteiger partial charge in [-0.2, -0.15) is 0 Å². The first-order chi connectivity index (χ1) is 7.20. The summed E-state index contributed by atoms with van der Waals surface area (Å²) in [7, 11) is 0. The molecule has 1 aromatic rings. The molecule has 0 amide bonds. The van der Waals surface area contributed by atoms with Gasteiger partial charge in [0.15, 0.2) is 0 Å². The first kappa shape index (κ1) is 10.4. The van der Waals surface area contributed by atoms with Crippen LogP contribution in [0.15, 0.2) is 30.3 Å². The zero-order chi connectivity index (χ0) is 10.9. The van der Waals surface area contributed by atoms with Gasteiger partial charge in [-0.05, 0) is 31.7 Å². The van der Waals surface area contributed by atoms with Crippen LogP contribution in [0.3, 0.4) is 0 Å². The van der Waals surface area contributed by atoms with Gasteiger partial charge in [0.2, 0.25) is 0 Å². The highest BCUT2D eigenvalue weighted by atomic mass is 16.1. The fraction of sp³-hybridized carbons (Fsp3) is 0.500. The fourth-order valence-electron chi connectivity index (χ4n) is 2.81. The number of hydrogen-bond acceptors (Lipinski definition) is 1. The summed E-state index contributed by atoms with van der Waals surface area (Å²) in [6.07, 6.45) is 3.31. The molecule has 1 fully saturated rings. The van der Waals surface area contributed by atoms with Gasteiger partial charge in [-0.15, -0.1) is 0 Å². The standard InChI is InChI=1S/C14H18O/c1-3-13(11(2)15)14(9-10-14)12-7-5-4-6-8-12/h4-8,13H,3,9-10H2,1-2H3. The third-order valence-corrected chi connectivity index (χ3v) is 3.70. The van der Waals surface area contributed by atoms with Gasteiger partial charge in [-0.3, -0.25) is 4.79 Å². The molecule has 0 aromatic heterocycles. The highest BCUT2D eigenvalue weighted by molar-refractivity contribution is 5.80. The Morgan fingerprint density at radius 1 is 1.33 bits per heavy atom. The van der Waals surface area contributed by atoms with Crippen LogP contribution in [0.25, 0.3) is 0 Å². The molecular formula is C14H18O. The Morgan fingerprint density at radius 3 is 2.33 bits per heavy atom. The minimum Gasteiger partial charge on any atom is -0.300 e. The zero-order valence-electron chi connectivity index (χ0n) is 9.49. The van der Waals surface area contributed by atoms with E-state index in [1.807, 2.05) is 6.07 Å². The summed E-state index contributed by atoms with van der Waals surface area (Å²) in [5.74, 6) is 0.568. The summed E-state index contributed by atoms with van der Waals surface area (Å²) in [6, 6.07) is 10.5. The van der Waals surface area contributed by atoms with E-state index in [0.29, 0.717) is 5.78 Å². The summed E-state index contributed by atoms with van der Waals surface area (Å²) in [4.78, 5) is 11.6. The molecule has 80 valence electrons. The highest BCUT2D eigenvalue weighted by Gasteiger charge is 2.51. The molecule has 0 spiro atoms. The monoisotopic (exact) mass is 202 g/mol. The molecule has 1 unspecified atom stereocenters. The molecule has 0 heterocycles. The molecule has 0 bridgehead atoms. The zero-order valence-corrected chi connectivity index (χ0v) is 9.49. The maximum Gasteiger partial charge on any atom is 0.133 e. The lowest BCUT2D eigenvalue weighted by molar-refractivity contribution is -0.121. The van der Waals surface area contributed by atoms with Crippen LogP contribution in [0.5, 0.6) is 0 Å². The Kier molecular flexibility index (Phi) is 2.64. The molecule has 1 atom stereocenters. The molecular weight excluding hydrogens is 184 g/mol. The number of carbonyl (C=O) groups excluding carboxylic acids is 1. The van der Waals surface area contributed by atoms with Crippen molar-refractivity contribution in [2.45, 2.75) is 38.5 Å². The minimum absolute atomic E-state index is 0.182. The second-order valence-corrected chi connectivity index (χ2v) is 4.59. The normalized spacial score (nSPS) is 19.6. The molecule has 1 saturated carbocycles. The summed E-state index contributed by atoms with van der Waals surface area (Å²) < 4.78 is 0. The molecule has 0 aliphatic heterocycles. The van der Waals surface area contributed by atoms with Crippen molar-refractivity contribution < 1.29 is 4.79 Å². The predicted octanol–water partition coefficient (Wildman–Crippen LogP) is 3.33. The lowest BCUT2D eigenvalue weighted by Crippen LogP contribution is -2.26. The van der Waals surface area contributed by atoms with Crippen molar-refractivity contribution in [1.29, 1.82) is 0 Å². The number of rotatable bonds is 4. The van der Waals surface area contributed by atoms with Crippen molar-refractivity contribution in [3.8, 4) is 0 Å². The molecule has 0 radical (unpaired) electrons. The van der Waals surface area contributed by atoms with Gasteiger partial charge in [-0.1, -0.05) is 37.3 Å². The molecule has 0 N–H and O–H groups in total. The maximum absolute atomic E-state index is 11.6. The fourth-order valence-corrected chi connectivity index (χ4v) is 2.81. The molecule has 2 rings (SSSR count). The van der Waals surface area contributed by atoms with Crippen molar-refractivity contribution >= 4 is 5.78 Å². The van der Waals surface area contributed by atoms with Gasteiger partial charge >= 0.3 is 0 Å². The van der Waals surface area contributed by atoms with Gasteiger partial charge in [0, 0.05) is 11.3 Å². The SMILES string of the molecule is CCC(C(C)=O)C1(c2ccccc2)CC1. The average Bonchev–Trinajstić information content (AvgIpc) is 3.01. The Morgan fingerprint density at radius 2 is 1.93 bits per heavy atom. The van der Waals surface area contributed by atoms with Crippen LogP contribution >= 0.6 is 0 Å². The Hall–Kier alpha value is -1.11. The number of hydrogen-bond donors (Lipinski definition) is 0. The topological polar surface area (TPSA) is 17.1 Å². The van der Waals surface area contributed by atoms with Crippen LogP contribution in [0.4, 0.5) is 0 Å². The van der Waals surface area contributed by atoms with Crippen LogP contribution < -0.4 is 0 Å². The summed E-state index contributed by atoms with van der Waals surface area (Å²) >= 11 is 0. The molecule has 1 nitrogen and oxygen atoms in total. The van der Waals surface area contributed by atoms with Crippen LogP contribution in [-0.4, -0.2) is 5.78 Å². The number of Topliss-reactive ketones (excluding diaryl/α,β-unsaturated/α-hetero) is 1. The van der Waals surface area contributed by atoms with Crippen LogP contribution in [0, 0.1) is 5.92 Å². The third kappa shape index (κ3) is 1.71. The van der Waals surface area contributed by atoms with Gasteiger partial charge in [-0.25, -0.2) is 0 Å². The van der Waals surface area contributed by atoms with Gasteiger partial charge in [0.1, 0.15) is 5.78 Å². The second kappa shape index (κ2) is 3.80. The number of carbonyl (C=O) groups is 1. The predicted molar refractivity (Wildman–Crippen MR) is 61.8 cm³/mol. The van der Waals surface area contributed by atoms with Crippen molar-refractivity contribution in [2.24, 2.45) is 5.92 Å². The van der Waals surface area contributed by atoms with E-state index in [1.165, 1.54) is 18.4 Å². The summed E-state index contributed by atoms with van der Waals surface area (Å²) in [6.45, 7) is 3.85. The number of benzene rings is 1. The van der Waals surface area contributed by atoms with Crippen molar-refractivity contribution in [1.82, 2.24) is 0 Å². The van der Waals surface area contributed by atoms with E-state index in [1.54, 1.807) is 6.92 Å². The Bertz CT molecular complexity index is 349. The van der Waals surface area contributed by atoms with Crippen LogP contribution in [0.2, 0.25) is 0 Å². The molecule has 1 aromatic carbocycles. The lowest BCUT2D eigenvalue weighted by atomic mass is 9.79. The van der Waals surface area contributed by atoms with Gasteiger partial charge < -0.3 is 0 Å². The maximum atomic E-state index is 11.6. The Balaban J connectivity index is 2.31. The molecule has 1 aliphatic rings. The first-order valence-electron chi connectivity index (χ1n) is 5.76. The number of ketones is 1. The van der Waals surface area contributed by atoms with E-state index in [2.05, 4.69) is 31.2 Å². The molecule has 15 heavy (non-hydrogen) atoms. The third-order valence-electron chi connectivity index (χ3n) is 3.70. The quantitative estimate of drug-likeness (QED) is 0.732. The van der Waals surface area contributed by atoms with Gasteiger partial charge in [0.05, 0.1) is 0 Å². The minimum atomic E-state index is 0.182. The second-order valence-electron chi connectivity index (χ2n) is 4.59. The van der Waals surface area contributed by atoms with Crippen molar-refractivity contribution in [3.05, 3.63) is 35.9 Å². The van der Waals surface area contributed by atoms with Crippen LogP contribution in [-0.2, 0) is 10.2 Å². The molecule has 1 aliphatic carbocycles. The first-order valence-corrected chi connectivity index (χ1v) is 5.76. The van der Waals surface area contributed by atoms with E-state index < -0.39 is 0 Å². The van der Waals surface area contributed by atoms with Crippen molar-refractivity contribution in [2.75, 3.05) is 0 Å². The van der Waals surface area contributed by atoms with Crippen LogP contribution in [0.1, 0.15) is 38.7 Å². The van der Waals surface area contributed by atoms with E-state index in [0.717, 1.165) is 6.42 Å². The molecule has 0 saturated heterocycles. The summed E-state index contributed by atoms with van der Waals surface area (Å²) in [5, 5.41) is 0. The smallest absolute Gasteiger partial charge is 0.133 e. The largest absolute Gasteiger partial charge is 0.300 e. The Labute approximate surface area is 91.5 Å². The lowest BCUT2D eigenvalue weighted by Gasteiger charge is -2.24. The highest BCUT2D eigenvalue weighted by Crippen LogP contribution is 2.55. The molecule has 1 heteroatoms. The van der Waals surface area contributed by atoms with Crippen molar-refractivity contribution in [3.63, 3.8) is 0 Å². The van der Waals surface area contributed by atoms with E-state index in [-0.39, 0.29) is 11.3 Å². The summed E-state index contributed by atoms with van der Waals surface area (Å²) in [5.41, 5.74) is 1.54. The van der Waals surface area contributed by atoms with Gasteiger partial charge in [0.25, 0.3) is 0 Å². The van der Waals surface area contributed by atoms with E-state index in [9.17, 15) is 4.79 Å². The van der Waals surface area contributed by atoms with E-state index in [4.69, 9.17) is 0 Å².